The van der Waals surface area contributed by atoms with Gasteiger partial charge in [-0.05, 0) is 138 Å². The molecule has 1 unspecified atom stereocenters. The van der Waals surface area contributed by atoms with Crippen LogP contribution in [0.2, 0.25) is 0 Å². The van der Waals surface area contributed by atoms with Crippen molar-refractivity contribution < 1.29 is 59.6 Å². The Bertz CT molecular complexity index is 4830. The highest BCUT2D eigenvalue weighted by molar-refractivity contribution is 7.99. The van der Waals surface area contributed by atoms with Gasteiger partial charge in [-0.3, -0.25) is 14.4 Å². The predicted octanol–water partition coefficient (Wildman–Crippen LogP) is 8.70. The molecule has 6 aliphatic heterocycles. The van der Waals surface area contributed by atoms with E-state index in [2.05, 4.69) is 76.5 Å². The van der Waals surface area contributed by atoms with Crippen molar-refractivity contribution >= 4 is 118 Å². The second kappa shape index (κ2) is 40.8. The molecule has 0 bridgehead atoms. The molecule has 9 aromatic rings. The number of sulfone groups is 2. The Labute approximate surface area is 677 Å². The molecular formula is C81H108N18O13S3. The van der Waals surface area contributed by atoms with E-state index in [0.29, 0.717) is 155 Å². The molecule has 12 heterocycles. The van der Waals surface area contributed by atoms with Gasteiger partial charge in [0.2, 0.25) is 17.8 Å². The second-order valence-electron chi connectivity index (χ2n) is 28.3. The van der Waals surface area contributed by atoms with Crippen LogP contribution in [0.4, 0.5) is 35.3 Å². The molecule has 34 heteroatoms. The van der Waals surface area contributed by atoms with Crippen LogP contribution in [0.1, 0.15) is 111 Å². The summed E-state index contributed by atoms with van der Waals surface area (Å²) in [4.78, 5) is 83.7. The highest BCUT2D eigenvalue weighted by Crippen LogP contribution is 2.38. The van der Waals surface area contributed by atoms with Gasteiger partial charge in [0.1, 0.15) is 28.7 Å². The molecule has 3 amide bonds. The molecule has 6 aliphatic rings. The Balaban J connectivity index is 0.000000164. The lowest BCUT2D eigenvalue weighted by atomic mass is 10.0. The molecule has 3 spiro atoms. The number of benzene rings is 3. The second-order valence-corrected chi connectivity index (χ2v) is 33.8. The van der Waals surface area contributed by atoms with E-state index in [4.69, 9.17) is 55.6 Å². The Morgan fingerprint density at radius 1 is 0.443 bits per heavy atom. The van der Waals surface area contributed by atoms with Gasteiger partial charge in [0.25, 0.3) is 17.7 Å². The zero-order valence-corrected chi connectivity index (χ0v) is 69.6. The van der Waals surface area contributed by atoms with E-state index in [1.807, 2.05) is 109 Å². The number of fused-ring (bicyclic) bond motifs is 3. The van der Waals surface area contributed by atoms with E-state index in [1.165, 1.54) is 0 Å². The monoisotopic (exact) mass is 1640 g/mol. The molecule has 0 saturated carbocycles. The van der Waals surface area contributed by atoms with Crippen LogP contribution < -0.4 is 47.9 Å². The van der Waals surface area contributed by atoms with Crippen LogP contribution >= 0.6 is 11.8 Å². The molecular weight excluding hydrogens is 1530 g/mol. The van der Waals surface area contributed by atoms with Crippen molar-refractivity contribution in [1.29, 1.82) is 0 Å². The van der Waals surface area contributed by atoms with E-state index in [0.717, 1.165) is 112 Å². The Morgan fingerprint density at radius 2 is 0.765 bits per heavy atom. The highest BCUT2D eigenvalue weighted by atomic mass is 32.2. The van der Waals surface area contributed by atoms with Gasteiger partial charge in [-0.2, -0.15) is 41.7 Å². The van der Waals surface area contributed by atoms with Crippen molar-refractivity contribution in [1.82, 2.24) is 60.8 Å². The summed E-state index contributed by atoms with van der Waals surface area (Å²) in [6.07, 6.45) is 5.36. The van der Waals surface area contributed by atoms with Crippen LogP contribution in [0.25, 0.3) is 66.9 Å². The number of amides is 3. The van der Waals surface area contributed by atoms with Gasteiger partial charge in [-0.1, -0.05) is 57.2 Å². The van der Waals surface area contributed by atoms with Crippen LogP contribution in [0.5, 0.6) is 0 Å². The molecule has 6 saturated heterocycles. The molecule has 618 valence electrons. The first kappa shape index (κ1) is 87.7. The minimum atomic E-state index is -3.11. The average molecular weight is 1640 g/mol. The van der Waals surface area contributed by atoms with E-state index in [9.17, 15) is 31.2 Å². The minimum absolute atomic E-state index is 0.00361. The molecule has 6 aromatic heterocycles. The van der Waals surface area contributed by atoms with E-state index < -0.39 is 30.9 Å². The van der Waals surface area contributed by atoms with Gasteiger partial charge in [0, 0.05) is 120 Å². The van der Waals surface area contributed by atoms with Crippen LogP contribution in [0.3, 0.4) is 0 Å². The highest BCUT2D eigenvalue weighted by Gasteiger charge is 2.48. The topological polar surface area (TPSA) is 415 Å². The average Bonchev–Trinajstić information content (AvgIpc) is 1.76. The van der Waals surface area contributed by atoms with Gasteiger partial charge < -0.3 is 76.3 Å². The third-order valence-electron chi connectivity index (χ3n) is 19.7. The molecule has 3 aromatic carbocycles. The Morgan fingerprint density at radius 3 is 1.03 bits per heavy atom. The third-order valence-corrected chi connectivity index (χ3v) is 24.5. The standard InChI is InChI=1S/2C22H24N6O4S.C22H24N6O2S.3C5H12O/c2*1-24-20(29)15-4-2-3-14(11-15)17-6-5-16-18(23)26-21(27-19(16)25-17)28-8-9-32-22(12-28)7-10-33(30,31)13-22;1-24-20(29)15-4-2-3-14(11-15)17-6-5-16-18(23)26-21(27-19(16)25-17)28-8-9-30-22(12-28)7-10-31-13-22;3*1-3-5-6-4-2/h2*2-6,11H,7-10,12-13H2,1H3,(H,24,29)(H2,23,25,26,27);2-6,11H,7-10,12-13H2,1H3,(H,24,29)(H2,23,25,26,27);3*3-5H2,1-2H3/t2*22-;;;;/m10..../s1. The lowest BCUT2D eigenvalue weighted by molar-refractivity contribution is -0.0366. The summed E-state index contributed by atoms with van der Waals surface area (Å²) in [5, 5.41) is 9.84. The summed E-state index contributed by atoms with van der Waals surface area (Å²) in [5.41, 5.74) is 24.6. The molecule has 3 atom stereocenters. The zero-order chi connectivity index (χ0) is 82.3. The Hall–Kier alpha value is -9.65. The van der Waals surface area contributed by atoms with Crippen molar-refractivity contribution in [2.24, 2.45) is 0 Å². The first-order chi connectivity index (χ1) is 55.4. The number of thioether (sulfide) groups is 1. The maximum atomic E-state index is 12.0. The molecule has 9 N–H and O–H groups in total. The molecule has 15 rings (SSSR count). The van der Waals surface area contributed by atoms with E-state index in [1.54, 1.807) is 63.6 Å². The number of nitrogens with two attached hydrogens (primary N) is 3. The number of nitrogens with zero attached hydrogens (tertiary/aromatic N) is 12. The van der Waals surface area contributed by atoms with Crippen molar-refractivity contribution in [3.63, 3.8) is 0 Å². The SMILES string of the molecule is CCCOCC.CCCOCC.CCCOCC.CNC(=O)c1cccc(-c2ccc3c(N)nc(N4CCOC5(CCSC5)C4)nc3n2)c1.CNC(=O)c1cccc(-c2ccc3c(N)nc(N4CCO[C@@]5(CCS(=O)(=O)C5)C4)nc3n2)c1.CNC(=O)c1cccc(-c2ccc3c(N)nc(N4CCO[C@]5(CCS(=O)(=O)C5)C4)nc3n2)c1. The van der Waals surface area contributed by atoms with Crippen molar-refractivity contribution in [3.05, 3.63) is 126 Å². The number of carbonyl (C=O) groups is 3. The quantitative estimate of drug-likeness (QED) is 0.0437. The summed E-state index contributed by atoms with van der Waals surface area (Å²) < 4.78 is 81.0. The number of nitrogens with one attached hydrogen (secondary N) is 3. The molecule has 0 aliphatic carbocycles. The minimum Gasteiger partial charge on any atom is -0.383 e. The number of nitrogen functional groups attached to an aromatic ring is 3. The molecule has 115 heavy (non-hydrogen) atoms. The lowest BCUT2D eigenvalue weighted by Crippen LogP contribution is -2.53. The van der Waals surface area contributed by atoms with Crippen molar-refractivity contribution in [2.45, 2.75) is 96.9 Å². The summed E-state index contributed by atoms with van der Waals surface area (Å²) in [5.74, 6) is 4.28. The van der Waals surface area contributed by atoms with Crippen LogP contribution in [0.15, 0.2) is 109 Å². The lowest BCUT2D eigenvalue weighted by Gasteiger charge is -2.40. The fraction of sp³-hybridized carbons (Fsp3) is 0.481. The van der Waals surface area contributed by atoms with Gasteiger partial charge in [-0.25, -0.2) is 31.8 Å². The number of aromatic nitrogens is 9. The zero-order valence-electron chi connectivity index (χ0n) is 67.1. The van der Waals surface area contributed by atoms with Crippen molar-refractivity contribution in [3.8, 4) is 33.8 Å². The number of pyridine rings is 3. The fourth-order valence-electron chi connectivity index (χ4n) is 13.9. The summed E-state index contributed by atoms with van der Waals surface area (Å²) in [6, 6.07) is 32.7. The third kappa shape index (κ3) is 23.1. The number of rotatable bonds is 18. The largest absolute Gasteiger partial charge is 0.383 e. The number of hydrogen-bond acceptors (Lipinski definition) is 29. The Kier molecular flexibility index (Phi) is 31.1. The fourth-order valence-corrected chi connectivity index (χ4v) is 19.1. The summed E-state index contributed by atoms with van der Waals surface area (Å²) in [7, 11) is -1.43. The first-order valence-electron chi connectivity index (χ1n) is 39.1. The summed E-state index contributed by atoms with van der Waals surface area (Å²) in [6.45, 7) is 22.4. The van der Waals surface area contributed by atoms with Gasteiger partial charge in [0.05, 0.1) is 101 Å². The number of hydrogen-bond donors (Lipinski definition) is 6. The first-order valence-corrected chi connectivity index (χ1v) is 43.8. The van der Waals surface area contributed by atoms with Gasteiger partial charge >= 0.3 is 0 Å². The predicted molar refractivity (Wildman–Crippen MR) is 453 cm³/mol. The maximum Gasteiger partial charge on any atom is 0.251 e. The van der Waals surface area contributed by atoms with E-state index >= 15 is 0 Å². The number of anilines is 6. The normalized spacial score (nSPS) is 19.7. The molecule has 6 fully saturated rings. The van der Waals surface area contributed by atoms with Crippen LogP contribution in [0, 0.1) is 0 Å². The van der Waals surface area contributed by atoms with Gasteiger partial charge in [-0.15, -0.1) is 0 Å². The molecule has 31 nitrogen and oxygen atoms in total. The van der Waals surface area contributed by atoms with Gasteiger partial charge in [0.15, 0.2) is 36.6 Å². The number of morpholine rings is 3. The number of ether oxygens (including phenoxy) is 6. The van der Waals surface area contributed by atoms with Crippen LogP contribution in [-0.4, -0.2) is 251 Å². The smallest absolute Gasteiger partial charge is 0.251 e. The van der Waals surface area contributed by atoms with Crippen molar-refractivity contribution in [2.75, 3.05) is 186 Å². The maximum absolute atomic E-state index is 12.0. The summed E-state index contributed by atoms with van der Waals surface area (Å²) >= 11 is 1.93. The number of carbonyl (C=O) groups excluding carboxylic acids is 3. The van der Waals surface area contributed by atoms with E-state index in [-0.39, 0.29) is 46.3 Å². The molecule has 0 radical (unpaired) electrons. The van der Waals surface area contributed by atoms with Crippen LogP contribution in [-0.2, 0) is 48.1 Å².